The first kappa shape index (κ1) is 15.7. The van der Waals surface area contributed by atoms with E-state index in [2.05, 4.69) is 0 Å². The van der Waals surface area contributed by atoms with Crippen LogP contribution in [0.15, 0.2) is 59.9 Å². The van der Waals surface area contributed by atoms with E-state index in [1.807, 2.05) is 0 Å². The van der Waals surface area contributed by atoms with Crippen molar-refractivity contribution in [3.05, 3.63) is 71.2 Å². The number of carbonyl (C=O) groups excluding carboxylic acids is 2. The van der Waals surface area contributed by atoms with Crippen LogP contribution in [0.2, 0.25) is 0 Å². The van der Waals surface area contributed by atoms with Crippen molar-refractivity contribution >= 4 is 17.4 Å². The molecule has 0 unspecified atom stereocenters. The molecule has 1 aliphatic heterocycles. The number of hydrogen-bond donors (Lipinski definition) is 2. The Morgan fingerprint density at radius 1 is 1.12 bits per heavy atom. The molecule has 1 amide bonds. The fourth-order valence-electron chi connectivity index (χ4n) is 2.84. The zero-order valence-corrected chi connectivity index (χ0v) is 12.7. The quantitative estimate of drug-likeness (QED) is 0.908. The van der Waals surface area contributed by atoms with Crippen LogP contribution in [0.4, 0.5) is 10.1 Å². The lowest BCUT2D eigenvalue weighted by Crippen LogP contribution is -2.30. The minimum atomic E-state index is -0.935. The second-order valence-electron chi connectivity index (χ2n) is 5.47. The number of ketones is 1. The Hall–Kier alpha value is -3.15. The second-order valence-corrected chi connectivity index (χ2v) is 5.47. The number of amides is 1. The van der Waals surface area contributed by atoms with Crippen molar-refractivity contribution in [2.45, 2.75) is 13.0 Å². The fourth-order valence-corrected chi connectivity index (χ4v) is 2.84. The summed E-state index contributed by atoms with van der Waals surface area (Å²) in [5, 5.41) is 19.5. The standard InChI is InChI=1S/C18H14FNO4/c1-10(21)15-16(11-3-2-4-12(19)9-11)20(18(24)17(15)23)13-5-7-14(22)8-6-13/h2-9,16,22-23H,1H3/t16-/m0/s1. The molecule has 0 saturated carbocycles. The van der Waals surface area contributed by atoms with Crippen LogP contribution in [-0.4, -0.2) is 21.9 Å². The number of hydrogen-bond acceptors (Lipinski definition) is 4. The highest BCUT2D eigenvalue weighted by Gasteiger charge is 2.43. The van der Waals surface area contributed by atoms with E-state index in [1.165, 1.54) is 54.3 Å². The molecule has 0 radical (unpaired) electrons. The predicted molar refractivity (Wildman–Crippen MR) is 85.1 cm³/mol. The molecule has 0 fully saturated rings. The van der Waals surface area contributed by atoms with E-state index in [1.54, 1.807) is 6.07 Å². The number of benzene rings is 2. The summed E-state index contributed by atoms with van der Waals surface area (Å²) in [6.45, 7) is 1.24. The monoisotopic (exact) mass is 327 g/mol. The van der Waals surface area contributed by atoms with E-state index in [0.29, 0.717) is 11.3 Å². The summed E-state index contributed by atoms with van der Waals surface area (Å²) in [7, 11) is 0. The van der Waals surface area contributed by atoms with Crippen LogP contribution >= 0.6 is 0 Å². The smallest absolute Gasteiger partial charge is 0.294 e. The second kappa shape index (κ2) is 5.81. The molecule has 1 atom stereocenters. The maximum atomic E-state index is 13.6. The Kier molecular flexibility index (Phi) is 3.81. The van der Waals surface area contributed by atoms with E-state index >= 15 is 0 Å². The Balaban J connectivity index is 2.18. The van der Waals surface area contributed by atoms with Gasteiger partial charge in [0.15, 0.2) is 11.5 Å². The predicted octanol–water partition coefficient (Wildman–Crippen LogP) is 3.02. The first-order chi connectivity index (χ1) is 11.4. The maximum absolute atomic E-state index is 13.6. The molecule has 1 aliphatic rings. The Morgan fingerprint density at radius 3 is 2.38 bits per heavy atom. The molecule has 122 valence electrons. The molecule has 0 bridgehead atoms. The molecular formula is C18H14FNO4. The molecule has 24 heavy (non-hydrogen) atoms. The van der Waals surface area contributed by atoms with Gasteiger partial charge in [-0.15, -0.1) is 0 Å². The number of aliphatic hydroxyl groups excluding tert-OH is 1. The molecular weight excluding hydrogens is 313 g/mol. The number of halogens is 1. The molecule has 0 saturated heterocycles. The molecule has 0 aliphatic carbocycles. The zero-order valence-electron chi connectivity index (χ0n) is 12.7. The summed E-state index contributed by atoms with van der Waals surface area (Å²) >= 11 is 0. The number of aromatic hydroxyl groups is 1. The first-order valence-electron chi connectivity index (χ1n) is 7.22. The molecule has 6 heteroatoms. The third-order valence-electron chi connectivity index (χ3n) is 3.88. The lowest BCUT2D eigenvalue weighted by molar-refractivity contribution is -0.117. The van der Waals surface area contributed by atoms with Gasteiger partial charge in [0.2, 0.25) is 0 Å². The van der Waals surface area contributed by atoms with Crippen molar-refractivity contribution < 1.29 is 24.2 Å². The summed E-state index contributed by atoms with van der Waals surface area (Å²) in [6, 6.07) is 10.3. The highest BCUT2D eigenvalue weighted by atomic mass is 19.1. The largest absolute Gasteiger partial charge is 0.508 e. The van der Waals surface area contributed by atoms with E-state index in [9.17, 15) is 24.2 Å². The van der Waals surface area contributed by atoms with Crippen molar-refractivity contribution in [1.82, 2.24) is 0 Å². The van der Waals surface area contributed by atoms with Gasteiger partial charge in [0, 0.05) is 5.69 Å². The number of phenols is 1. The van der Waals surface area contributed by atoms with Crippen molar-refractivity contribution in [2.75, 3.05) is 4.90 Å². The van der Waals surface area contributed by atoms with Gasteiger partial charge in [0.25, 0.3) is 5.91 Å². The van der Waals surface area contributed by atoms with Crippen molar-refractivity contribution in [2.24, 2.45) is 0 Å². The van der Waals surface area contributed by atoms with Crippen LogP contribution in [0, 0.1) is 5.82 Å². The van der Waals surface area contributed by atoms with Gasteiger partial charge in [0.05, 0.1) is 11.6 Å². The van der Waals surface area contributed by atoms with Gasteiger partial charge in [0.1, 0.15) is 11.6 Å². The number of anilines is 1. The van der Waals surface area contributed by atoms with Gasteiger partial charge in [-0.05, 0) is 48.9 Å². The highest BCUT2D eigenvalue weighted by Crippen LogP contribution is 2.41. The van der Waals surface area contributed by atoms with Crippen LogP contribution in [0.1, 0.15) is 18.5 Å². The van der Waals surface area contributed by atoms with Gasteiger partial charge in [-0.25, -0.2) is 4.39 Å². The Morgan fingerprint density at radius 2 is 1.79 bits per heavy atom. The average Bonchev–Trinajstić information content (AvgIpc) is 2.80. The molecule has 0 aromatic heterocycles. The first-order valence-corrected chi connectivity index (χ1v) is 7.22. The minimum Gasteiger partial charge on any atom is -0.508 e. The Labute approximate surface area is 137 Å². The summed E-state index contributed by atoms with van der Waals surface area (Å²) in [4.78, 5) is 25.7. The molecule has 1 heterocycles. The van der Waals surface area contributed by atoms with E-state index < -0.39 is 29.3 Å². The number of phenolic OH excluding ortho intramolecular Hbond substituents is 1. The van der Waals surface area contributed by atoms with Crippen LogP contribution < -0.4 is 4.90 Å². The summed E-state index contributed by atoms with van der Waals surface area (Å²) in [5.41, 5.74) is 0.652. The van der Waals surface area contributed by atoms with Gasteiger partial charge < -0.3 is 10.2 Å². The maximum Gasteiger partial charge on any atom is 0.294 e. The summed E-state index contributed by atoms with van der Waals surface area (Å²) < 4.78 is 13.6. The van der Waals surface area contributed by atoms with E-state index in [0.717, 1.165) is 0 Å². The molecule has 0 spiro atoms. The SMILES string of the molecule is CC(=O)C1=C(O)C(=O)N(c2ccc(O)cc2)[C@H]1c1cccc(F)c1. The number of nitrogens with zero attached hydrogens (tertiary/aromatic N) is 1. The Bertz CT molecular complexity index is 858. The third-order valence-corrected chi connectivity index (χ3v) is 3.88. The molecule has 2 N–H and O–H groups in total. The number of carbonyl (C=O) groups is 2. The lowest BCUT2D eigenvalue weighted by atomic mass is 9.96. The van der Waals surface area contributed by atoms with Gasteiger partial charge in [-0.3, -0.25) is 14.5 Å². The van der Waals surface area contributed by atoms with Crippen molar-refractivity contribution in [3.8, 4) is 5.75 Å². The summed E-state index contributed by atoms with van der Waals surface area (Å²) in [6.07, 6.45) is 0. The van der Waals surface area contributed by atoms with Gasteiger partial charge >= 0.3 is 0 Å². The van der Waals surface area contributed by atoms with Crippen LogP contribution in [-0.2, 0) is 9.59 Å². The highest BCUT2D eigenvalue weighted by molar-refractivity contribution is 6.16. The minimum absolute atomic E-state index is 0.0108. The third kappa shape index (κ3) is 2.52. The molecule has 2 aromatic carbocycles. The summed E-state index contributed by atoms with van der Waals surface area (Å²) in [5.74, 6) is -2.38. The topological polar surface area (TPSA) is 77.8 Å². The van der Waals surface area contributed by atoms with E-state index in [4.69, 9.17) is 0 Å². The number of aliphatic hydroxyl groups is 1. The van der Waals surface area contributed by atoms with Crippen LogP contribution in [0.25, 0.3) is 0 Å². The lowest BCUT2D eigenvalue weighted by Gasteiger charge is -2.26. The number of rotatable bonds is 3. The van der Waals surface area contributed by atoms with Crippen LogP contribution in [0.5, 0.6) is 5.75 Å². The van der Waals surface area contributed by atoms with Crippen molar-refractivity contribution in [1.29, 1.82) is 0 Å². The molecule has 3 rings (SSSR count). The average molecular weight is 327 g/mol. The normalized spacial score (nSPS) is 17.5. The van der Waals surface area contributed by atoms with Gasteiger partial charge in [-0.1, -0.05) is 12.1 Å². The fraction of sp³-hybridized carbons (Fsp3) is 0.111. The number of Topliss-reactive ketones (excluding diaryl/α,β-unsaturated/α-hetero) is 1. The van der Waals surface area contributed by atoms with Crippen molar-refractivity contribution in [3.63, 3.8) is 0 Å². The zero-order chi connectivity index (χ0) is 17.4. The van der Waals surface area contributed by atoms with E-state index in [-0.39, 0.29) is 11.3 Å². The molecule has 5 nitrogen and oxygen atoms in total. The van der Waals surface area contributed by atoms with Gasteiger partial charge in [-0.2, -0.15) is 0 Å². The van der Waals surface area contributed by atoms with Crippen LogP contribution in [0.3, 0.4) is 0 Å². The molecule has 2 aromatic rings.